The average molecular weight is 425 g/mol. The number of hydrogen-bond donors (Lipinski definition) is 1. The molecule has 166 valence electrons. The maximum atomic E-state index is 13.8. The minimum atomic E-state index is -0.338. The van der Waals surface area contributed by atoms with Crippen LogP contribution in [-0.2, 0) is 17.8 Å². The molecule has 2 fully saturated rings. The monoisotopic (exact) mass is 424 g/mol. The number of nitrogens with zero attached hydrogens (tertiary/aromatic N) is 3. The summed E-state index contributed by atoms with van der Waals surface area (Å²) in [5.74, 6) is 0.0596. The number of carbonyl (C=O) groups is 2. The van der Waals surface area contributed by atoms with E-state index in [2.05, 4.69) is 16.0 Å². The molecule has 3 aliphatic heterocycles. The van der Waals surface area contributed by atoms with E-state index in [0.29, 0.717) is 32.6 Å². The lowest BCUT2D eigenvalue weighted by Crippen LogP contribution is -2.58. The van der Waals surface area contributed by atoms with E-state index in [1.165, 1.54) is 12.8 Å². The Morgan fingerprint density at radius 2 is 1.71 bits per heavy atom. The third-order valence-corrected chi connectivity index (χ3v) is 7.67. The van der Waals surface area contributed by atoms with Crippen LogP contribution < -0.4 is 5.56 Å². The number of hydrogen-bond acceptors (Lipinski definition) is 4. The number of pyridine rings is 1. The van der Waals surface area contributed by atoms with E-state index < -0.39 is 0 Å². The molecule has 1 saturated heterocycles. The van der Waals surface area contributed by atoms with Crippen molar-refractivity contribution in [1.82, 2.24) is 19.7 Å². The van der Waals surface area contributed by atoms with Crippen LogP contribution >= 0.6 is 0 Å². The standard InChI is InChI=1S/C24H32N4O3/c29-21-20(22(30)26-11-4-1-5-12-26)19-8-15-27(17-18(19)16-25-21)23(31)24(9-2-3-10-24)28-13-6-7-14-28/h1,4,16H,2-3,5-15,17H2,(H,25,29). The van der Waals surface area contributed by atoms with Crippen LogP contribution in [0.5, 0.6) is 0 Å². The number of fused-ring (bicyclic) bond motifs is 1. The normalized spacial score (nSPS) is 23.2. The number of likely N-dealkylation sites (tertiary alicyclic amines) is 1. The second kappa shape index (κ2) is 8.26. The number of carbonyl (C=O) groups excluding carboxylic acids is 2. The van der Waals surface area contributed by atoms with E-state index in [4.69, 9.17) is 0 Å². The molecule has 1 aliphatic carbocycles. The van der Waals surface area contributed by atoms with Gasteiger partial charge in [-0.05, 0) is 62.7 Å². The van der Waals surface area contributed by atoms with Gasteiger partial charge in [0.05, 0.1) is 0 Å². The smallest absolute Gasteiger partial charge is 0.261 e. The molecule has 4 heterocycles. The van der Waals surface area contributed by atoms with Gasteiger partial charge >= 0.3 is 0 Å². The van der Waals surface area contributed by atoms with Crippen LogP contribution in [0.4, 0.5) is 0 Å². The summed E-state index contributed by atoms with van der Waals surface area (Å²) in [5, 5.41) is 0. The van der Waals surface area contributed by atoms with Gasteiger partial charge in [-0.25, -0.2) is 0 Å². The fourth-order valence-corrected chi connectivity index (χ4v) is 6.02. The van der Waals surface area contributed by atoms with Crippen LogP contribution in [0.1, 0.15) is 66.4 Å². The molecule has 1 saturated carbocycles. The number of amides is 2. The van der Waals surface area contributed by atoms with E-state index in [-0.39, 0.29) is 28.5 Å². The molecule has 31 heavy (non-hydrogen) atoms. The van der Waals surface area contributed by atoms with Gasteiger partial charge in [0.2, 0.25) is 5.91 Å². The molecule has 5 rings (SSSR count). The van der Waals surface area contributed by atoms with E-state index in [9.17, 15) is 14.4 Å². The fourth-order valence-electron chi connectivity index (χ4n) is 6.02. The lowest BCUT2D eigenvalue weighted by molar-refractivity contribution is -0.145. The highest BCUT2D eigenvalue weighted by Gasteiger charge is 2.49. The van der Waals surface area contributed by atoms with Crippen molar-refractivity contribution in [3.63, 3.8) is 0 Å². The third kappa shape index (κ3) is 3.53. The van der Waals surface area contributed by atoms with Crippen LogP contribution in [0, 0.1) is 0 Å². The summed E-state index contributed by atoms with van der Waals surface area (Å²) in [6.45, 7) is 4.27. The zero-order valence-corrected chi connectivity index (χ0v) is 18.2. The average Bonchev–Trinajstić information content (AvgIpc) is 3.51. The molecule has 0 unspecified atom stereocenters. The van der Waals surface area contributed by atoms with Crippen molar-refractivity contribution in [2.75, 3.05) is 32.7 Å². The molecular weight excluding hydrogens is 392 g/mol. The molecule has 4 aliphatic rings. The fraction of sp³-hybridized carbons (Fsp3) is 0.625. The van der Waals surface area contributed by atoms with Crippen LogP contribution in [0.3, 0.4) is 0 Å². The van der Waals surface area contributed by atoms with E-state index in [1.807, 2.05) is 11.0 Å². The maximum Gasteiger partial charge on any atom is 0.261 e. The van der Waals surface area contributed by atoms with Crippen LogP contribution in [0.2, 0.25) is 0 Å². The zero-order chi connectivity index (χ0) is 21.4. The molecular formula is C24H32N4O3. The minimum Gasteiger partial charge on any atom is -0.336 e. The van der Waals surface area contributed by atoms with Gasteiger partial charge in [0.15, 0.2) is 0 Å². The molecule has 7 nitrogen and oxygen atoms in total. The minimum absolute atomic E-state index is 0.188. The molecule has 0 radical (unpaired) electrons. The predicted molar refractivity (Wildman–Crippen MR) is 118 cm³/mol. The predicted octanol–water partition coefficient (Wildman–Crippen LogP) is 2.07. The van der Waals surface area contributed by atoms with Crippen molar-refractivity contribution in [2.45, 2.75) is 63.5 Å². The maximum absolute atomic E-state index is 13.8. The number of nitrogens with one attached hydrogen (secondary N) is 1. The number of rotatable bonds is 3. The first-order valence-electron chi connectivity index (χ1n) is 11.8. The molecule has 1 N–H and O–H groups in total. The SMILES string of the molecule is O=C(c1c2c(c[nH]c1=O)CN(C(=O)C1(N3CCCC3)CCCC1)CC2)N1CC=CCC1. The molecule has 2 amide bonds. The Kier molecular flexibility index (Phi) is 5.46. The second-order valence-electron chi connectivity index (χ2n) is 9.42. The molecule has 0 aromatic carbocycles. The summed E-state index contributed by atoms with van der Waals surface area (Å²) in [5.41, 5.74) is 1.35. The van der Waals surface area contributed by atoms with Crippen molar-refractivity contribution in [3.8, 4) is 0 Å². The van der Waals surface area contributed by atoms with Gasteiger partial charge < -0.3 is 14.8 Å². The highest BCUT2D eigenvalue weighted by atomic mass is 16.2. The Morgan fingerprint density at radius 1 is 0.935 bits per heavy atom. The van der Waals surface area contributed by atoms with Gasteiger partial charge in [-0.15, -0.1) is 0 Å². The second-order valence-corrected chi connectivity index (χ2v) is 9.42. The summed E-state index contributed by atoms with van der Waals surface area (Å²) in [6.07, 6.45) is 13.6. The van der Waals surface area contributed by atoms with Crippen LogP contribution in [0.15, 0.2) is 23.1 Å². The Balaban J connectivity index is 1.41. The third-order valence-electron chi connectivity index (χ3n) is 7.67. The Labute approximate surface area is 183 Å². The largest absolute Gasteiger partial charge is 0.336 e. The van der Waals surface area contributed by atoms with Gasteiger partial charge in [0.25, 0.3) is 11.5 Å². The van der Waals surface area contributed by atoms with E-state index >= 15 is 0 Å². The summed E-state index contributed by atoms with van der Waals surface area (Å²) in [7, 11) is 0. The highest BCUT2D eigenvalue weighted by molar-refractivity contribution is 5.96. The Hall–Kier alpha value is -2.41. The number of H-pyrrole nitrogens is 1. The van der Waals surface area contributed by atoms with Crippen LogP contribution in [-0.4, -0.2) is 69.8 Å². The Bertz CT molecular complexity index is 954. The summed E-state index contributed by atoms with van der Waals surface area (Å²) in [4.78, 5) is 48.4. The van der Waals surface area contributed by atoms with Gasteiger partial charge in [-0.3, -0.25) is 19.3 Å². The van der Waals surface area contributed by atoms with Crippen molar-refractivity contribution in [2.24, 2.45) is 0 Å². The van der Waals surface area contributed by atoms with Gasteiger partial charge in [0.1, 0.15) is 11.1 Å². The highest BCUT2D eigenvalue weighted by Crippen LogP contribution is 2.40. The molecule has 0 bridgehead atoms. The zero-order valence-electron chi connectivity index (χ0n) is 18.2. The molecule has 7 heteroatoms. The first kappa shape index (κ1) is 20.5. The first-order chi connectivity index (χ1) is 15.1. The van der Waals surface area contributed by atoms with Crippen molar-refractivity contribution >= 4 is 11.8 Å². The lowest BCUT2D eigenvalue weighted by atomic mass is 9.90. The van der Waals surface area contributed by atoms with Crippen molar-refractivity contribution < 1.29 is 9.59 Å². The van der Waals surface area contributed by atoms with Crippen molar-refractivity contribution in [3.05, 3.63) is 45.4 Å². The molecule has 0 atom stereocenters. The Morgan fingerprint density at radius 3 is 2.42 bits per heavy atom. The summed E-state index contributed by atoms with van der Waals surface area (Å²) >= 11 is 0. The van der Waals surface area contributed by atoms with E-state index in [0.717, 1.165) is 56.3 Å². The summed E-state index contributed by atoms with van der Waals surface area (Å²) in [6, 6.07) is 0. The van der Waals surface area contributed by atoms with Gasteiger partial charge in [-0.1, -0.05) is 25.0 Å². The number of aromatic amines is 1. The van der Waals surface area contributed by atoms with Gasteiger partial charge in [0, 0.05) is 32.4 Å². The van der Waals surface area contributed by atoms with Crippen LogP contribution in [0.25, 0.3) is 0 Å². The first-order valence-corrected chi connectivity index (χ1v) is 11.8. The lowest BCUT2D eigenvalue weighted by Gasteiger charge is -2.42. The number of aromatic nitrogens is 1. The van der Waals surface area contributed by atoms with Crippen molar-refractivity contribution in [1.29, 1.82) is 0 Å². The molecule has 0 spiro atoms. The van der Waals surface area contributed by atoms with Gasteiger partial charge in [-0.2, -0.15) is 0 Å². The van der Waals surface area contributed by atoms with E-state index in [1.54, 1.807) is 11.1 Å². The quantitative estimate of drug-likeness (QED) is 0.754. The summed E-state index contributed by atoms with van der Waals surface area (Å²) < 4.78 is 0. The molecule has 1 aromatic heterocycles. The topological polar surface area (TPSA) is 76.7 Å². The molecule has 1 aromatic rings.